The Balaban J connectivity index is 1.30. The standard InChI is InChI=1S/C25H28N4O3S2/c1-27-23(19-8-3-2-4-9-19)17-26-25(27)33-18-24(30)29-15-7-10-20-16-21(11-12-22(20)29)34(31,32)28-13-5-6-14-28/h2-4,8-9,11-12,16-17H,5-7,10,13-15,18H2,1H3. The lowest BCUT2D eigenvalue weighted by atomic mass is 10.0. The Morgan fingerprint density at radius 1 is 1.03 bits per heavy atom. The second-order valence-corrected chi connectivity index (χ2v) is 11.6. The first kappa shape index (κ1) is 23.1. The summed E-state index contributed by atoms with van der Waals surface area (Å²) in [5, 5.41) is 0.788. The average Bonchev–Trinajstić information content (AvgIpc) is 3.53. The van der Waals surface area contributed by atoms with Gasteiger partial charge in [0.15, 0.2) is 5.16 Å². The van der Waals surface area contributed by atoms with Gasteiger partial charge in [-0.2, -0.15) is 4.31 Å². The third kappa shape index (κ3) is 4.39. The molecule has 2 aromatic carbocycles. The second kappa shape index (κ2) is 9.56. The molecule has 178 valence electrons. The summed E-state index contributed by atoms with van der Waals surface area (Å²) in [5.74, 6) is 0.275. The maximum absolute atomic E-state index is 13.2. The first-order valence-corrected chi connectivity index (χ1v) is 14.0. The van der Waals surface area contributed by atoms with E-state index in [1.807, 2.05) is 48.1 Å². The molecule has 1 fully saturated rings. The third-order valence-electron chi connectivity index (χ3n) is 6.51. The average molecular weight is 497 g/mol. The molecule has 3 heterocycles. The van der Waals surface area contributed by atoms with E-state index in [9.17, 15) is 13.2 Å². The van der Waals surface area contributed by atoms with Gasteiger partial charge in [-0.15, -0.1) is 0 Å². The second-order valence-electron chi connectivity index (χ2n) is 8.69. The van der Waals surface area contributed by atoms with E-state index in [2.05, 4.69) is 4.98 Å². The summed E-state index contributed by atoms with van der Waals surface area (Å²) < 4.78 is 29.5. The maximum Gasteiger partial charge on any atom is 0.243 e. The van der Waals surface area contributed by atoms with E-state index < -0.39 is 10.0 Å². The lowest BCUT2D eigenvalue weighted by molar-refractivity contribution is -0.116. The van der Waals surface area contributed by atoms with Gasteiger partial charge >= 0.3 is 0 Å². The van der Waals surface area contributed by atoms with Gasteiger partial charge in [-0.1, -0.05) is 42.1 Å². The number of rotatable bonds is 6. The van der Waals surface area contributed by atoms with Crippen molar-refractivity contribution in [3.63, 3.8) is 0 Å². The van der Waals surface area contributed by atoms with Crippen molar-refractivity contribution >= 4 is 33.4 Å². The molecule has 1 amide bonds. The number of aryl methyl sites for hydroxylation is 1. The van der Waals surface area contributed by atoms with Crippen LogP contribution in [0.15, 0.2) is 64.8 Å². The van der Waals surface area contributed by atoms with Crippen molar-refractivity contribution in [2.24, 2.45) is 7.05 Å². The zero-order valence-electron chi connectivity index (χ0n) is 19.2. The third-order valence-corrected chi connectivity index (χ3v) is 9.44. The first-order valence-electron chi connectivity index (χ1n) is 11.6. The van der Waals surface area contributed by atoms with Crippen molar-refractivity contribution in [1.29, 1.82) is 0 Å². The van der Waals surface area contributed by atoms with Crippen LogP contribution in [-0.2, 0) is 28.3 Å². The molecule has 2 aliphatic rings. The highest BCUT2D eigenvalue weighted by Gasteiger charge is 2.30. The summed E-state index contributed by atoms with van der Waals surface area (Å²) in [5.41, 5.74) is 3.83. The van der Waals surface area contributed by atoms with Gasteiger partial charge in [0.05, 0.1) is 22.5 Å². The zero-order chi connectivity index (χ0) is 23.7. The summed E-state index contributed by atoms with van der Waals surface area (Å²) in [6.45, 7) is 1.81. The fourth-order valence-electron chi connectivity index (χ4n) is 4.68. The number of imidazole rings is 1. The molecule has 0 atom stereocenters. The molecule has 0 saturated carbocycles. The van der Waals surface area contributed by atoms with Crippen LogP contribution in [0.1, 0.15) is 24.8 Å². The number of fused-ring (bicyclic) bond motifs is 1. The van der Waals surface area contributed by atoms with Crippen molar-refractivity contribution in [2.75, 3.05) is 30.3 Å². The summed E-state index contributed by atoms with van der Waals surface area (Å²) >= 11 is 1.42. The minimum atomic E-state index is -3.47. The largest absolute Gasteiger partial charge is 0.322 e. The molecule has 0 radical (unpaired) electrons. The van der Waals surface area contributed by atoms with E-state index >= 15 is 0 Å². The van der Waals surface area contributed by atoms with E-state index in [0.29, 0.717) is 24.5 Å². The van der Waals surface area contributed by atoms with E-state index in [-0.39, 0.29) is 11.7 Å². The number of hydrogen-bond acceptors (Lipinski definition) is 5. The molecule has 2 aliphatic heterocycles. The van der Waals surface area contributed by atoms with Gasteiger partial charge in [0.25, 0.3) is 0 Å². The SMILES string of the molecule is Cn1c(-c2ccccc2)cnc1SCC(=O)N1CCCc2cc(S(=O)(=O)N3CCCC3)ccc21. The number of aromatic nitrogens is 2. The number of anilines is 1. The van der Waals surface area contributed by atoms with Crippen molar-refractivity contribution in [2.45, 2.75) is 35.7 Å². The van der Waals surface area contributed by atoms with Gasteiger partial charge in [0.2, 0.25) is 15.9 Å². The minimum Gasteiger partial charge on any atom is -0.322 e. The summed E-state index contributed by atoms with van der Waals surface area (Å²) in [4.78, 5) is 19.8. The molecular weight excluding hydrogens is 468 g/mol. The normalized spacial score (nSPS) is 16.6. The summed E-state index contributed by atoms with van der Waals surface area (Å²) in [6, 6.07) is 15.3. The van der Waals surface area contributed by atoms with E-state index in [4.69, 9.17) is 0 Å². The Morgan fingerprint density at radius 3 is 2.56 bits per heavy atom. The van der Waals surface area contributed by atoms with Crippen LogP contribution in [0.5, 0.6) is 0 Å². The summed E-state index contributed by atoms with van der Waals surface area (Å²) in [6.07, 6.45) is 5.24. The number of amides is 1. The fraction of sp³-hybridized carbons (Fsp3) is 0.360. The van der Waals surface area contributed by atoms with Crippen LogP contribution < -0.4 is 4.90 Å². The van der Waals surface area contributed by atoms with E-state index in [1.54, 1.807) is 27.4 Å². The van der Waals surface area contributed by atoms with Gasteiger partial charge in [0, 0.05) is 32.4 Å². The van der Waals surface area contributed by atoms with Crippen molar-refractivity contribution in [1.82, 2.24) is 13.9 Å². The van der Waals surface area contributed by atoms with Crippen LogP contribution in [0.2, 0.25) is 0 Å². The molecule has 0 bridgehead atoms. The predicted octanol–water partition coefficient (Wildman–Crippen LogP) is 3.94. The maximum atomic E-state index is 13.2. The Morgan fingerprint density at radius 2 is 1.79 bits per heavy atom. The van der Waals surface area contributed by atoms with Crippen LogP contribution in [0.3, 0.4) is 0 Å². The number of carbonyl (C=O) groups is 1. The molecule has 0 N–H and O–H groups in total. The molecule has 34 heavy (non-hydrogen) atoms. The molecule has 0 unspecified atom stereocenters. The van der Waals surface area contributed by atoms with Crippen LogP contribution in [0.4, 0.5) is 5.69 Å². The van der Waals surface area contributed by atoms with Crippen LogP contribution >= 0.6 is 11.8 Å². The molecule has 0 aliphatic carbocycles. The van der Waals surface area contributed by atoms with Gasteiger partial charge in [0.1, 0.15) is 0 Å². The summed E-state index contributed by atoms with van der Waals surface area (Å²) in [7, 11) is -1.51. The van der Waals surface area contributed by atoms with Crippen LogP contribution in [-0.4, -0.2) is 53.6 Å². The zero-order valence-corrected chi connectivity index (χ0v) is 20.8. The predicted molar refractivity (Wildman–Crippen MR) is 134 cm³/mol. The van der Waals surface area contributed by atoms with Crippen molar-refractivity contribution < 1.29 is 13.2 Å². The Bertz CT molecular complexity index is 1300. The fourth-order valence-corrected chi connectivity index (χ4v) is 7.07. The minimum absolute atomic E-state index is 0.00496. The molecule has 1 saturated heterocycles. The lowest BCUT2D eigenvalue weighted by Gasteiger charge is -2.30. The monoisotopic (exact) mass is 496 g/mol. The molecule has 5 rings (SSSR count). The molecule has 3 aromatic rings. The van der Waals surface area contributed by atoms with E-state index in [1.165, 1.54) is 11.8 Å². The Kier molecular flexibility index (Phi) is 6.50. The molecule has 7 nitrogen and oxygen atoms in total. The number of sulfonamides is 1. The van der Waals surface area contributed by atoms with E-state index in [0.717, 1.165) is 53.3 Å². The Labute approximate surface area is 204 Å². The van der Waals surface area contributed by atoms with Crippen LogP contribution in [0, 0.1) is 0 Å². The molecule has 1 aromatic heterocycles. The highest BCUT2D eigenvalue weighted by Crippen LogP contribution is 2.32. The number of nitrogens with zero attached hydrogens (tertiary/aromatic N) is 4. The van der Waals surface area contributed by atoms with Gasteiger partial charge in [-0.25, -0.2) is 13.4 Å². The molecule has 9 heteroatoms. The Hall–Kier alpha value is -2.62. The molecular formula is C25H28N4O3S2. The van der Waals surface area contributed by atoms with Gasteiger partial charge in [-0.3, -0.25) is 4.79 Å². The smallest absolute Gasteiger partial charge is 0.243 e. The quantitative estimate of drug-likeness (QED) is 0.483. The van der Waals surface area contributed by atoms with Gasteiger partial charge in [-0.05, 0) is 55.0 Å². The first-order chi connectivity index (χ1) is 16.4. The number of hydrogen-bond donors (Lipinski definition) is 0. The van der Waals surface area contributed by atoms with Gasteiger partial charge < -0.3 is 9.47 Å². The number of benzene rings is 2. The topological polar surface area (TPSA) is 75.5 Å². The highest BCUT2D eigenvalue weighted by atomic mass is 32.2. The van der Waals surface area contributed by atoms with Crippen molar-refractivity contribution in [3.05, 3.63) is 60.3 Å². The number of thioether (sulfide) groups is 1. The van der Waals surface area contributed by atoms with Crippen LogP contribution in [0.25, 0.3) is 11.3 Å². The highest BCUT2D eigenvalue weighted by molar-refractivity contribution is 7.99. The van der Waals surface area contributed by atoms with Crippen molar-refractivity contribution in [3.8, 4) is 11.3 Å². The number of carbonyl (C=O) groups excluding carboxylic acids is 1. The molecule has 0 spiro atoms. The lowest BCUT2D eigenvalue weighted by Crippen LogP contribution is -2.37.